The van der Waals surface area contributed by atoms with Gasteiger partial charge in [0.15, 0.2) is 0 Å². The molecule has 1 aliphatic carbocycles. The second kappa shape index (κ2) is 9.90. The molecule has 0 aromatic heterocycles. The van der Waals surface area contributed by atoms with Crippen LogP contribution >= 0.6 is 0 Å². The SMILES string of the molecule is CCCC(CC)C1CC1C(C)CCC(CC)CC(C)CC. The van der Waals surface area contributed by atoms with E-state index < -0.39 is 0 Å². The van der Waals surface area contributed by atoms with Crippen LogP contribution in [0, 0.1) is 35.5 Å². The maximum atomic E-state index is 2.54. The van der Waals surface area contributed by atoms with Crippen LogP contribution in [0.15, 0.2) is 0 Å². The zero-order chi connectivity index (χ0) is 15.8. The minimum Gasteiger partial charge on any atom is -0.0654 e. The molecule has 0 aromatic carbocycles. The van der Waals surface area contributed by atoms with Crippen molar-refractivity contribution in [2.24, 2.45) is 35.5 Å². The van der Waals surface area contributed by atoms with Gasteiger partial charge in [-0.3, -0.25) is 0 Å². The van der Waals surface area contributed by atoms with Crippen molar-refractivity contribution in [3.8, 4) is 0 Å². The first-order chi connectivity index (χ1) is 10.1. The molecule has 21 heavy (non-hydrogen) atoms. The summed E-state index contributed by atoms with van der Waals surface area (Å²) in [5, 5.41) is 0. The van der Waals surface area contributed by atoms with Crippen LogP contribution in [0.3, 0.4) is 0 Å². The van der Waals surface area contributed by atoms with E-state index in [2.05, 4.69) is 41.5 Å². The largest absolute Gasteiger partial charge is 0.0654 e. The van der Waals surface area contributed by atoms with Crippen molar-refractivity contribution in [2.75, 3.05) is 0 Å². The highest BCUT2D eigenvalue weighted by atomic mass is 14.5. The third-order valence-electron chi connectivity index (χ3n) is 6.45. The van der Waals surface area contributed by atoms with Crippen molar-refractivity contribution in [2.45, 2.75) is 99.3 Å². The lowest BCUT2D eigenvalue weighted by atomic mass is 9.84. The van der Waals surface area contributed by atoms with Crippen LogP contribution in [0.5, 0.6) is 0 Å². The molecular weight excluding hydrogens is 252 g/mol. The van der Waals surface area contributed by atoms with Crippen molar-refractivity contribution in [1.29, 1.82) is 0 Å². The lowest BCUT2D eigenvalue weighted by Crippen LogP contribution is -2.10. The van der Waals surface area contributed by atoms with Gasteiger partial charge in [0.25, 0.3) is 0 Å². The van der Waals surface area contributed by atoms with Crippen LogP contribution in [-0.4, -0.2) is 0 Å². The Kier molecular flexibility index (Phi) is 8.98. The normalized spacial score (nSPS) is 27.1. The summed E-state index contributed by atoms with van der Waals surface area (Å²) in [7, 11) is 0. The van der Waals surface area contributed by atoms with Gasteiger partial charge in [0.1, 0.15) is 0 Å². The Labute approximate surface area is 135 Å². The molecule has 0 radical (unpaired) electrons. The summed E-state index contributed by atoms with van der Waals surface area (Å²) in [6, 6.07) is 0. The smallest absolute Gasteiger partial charge is 0.0352 e. The summed E-state index contributed by atoms with van der Waals surface area (Å²) in [6.45, 7) is 14.5. The van der Waals surface area contributed by atoms with Gasteiger partial charge in [0.05, 0.1) is 0 Å². The topological polar surface area (TPSA) is 0 Å². The van der Waals surface area contributed by atoms with Crippen molar-refractivity contribution in [1.82, 2.24) is 0 Å². The van der Waals surface area contributed by atoms with Gasteiger partial charge in [-0.2, -0.15) is 0 Å². The maximum absolute atomic E-state index is 2.54. The van der Waals surface area contributed by atoms with Crippen LogP contribution in [0.4, 0.5) is 0 Å². The van der Waals surface area contributed by atoms with Gasteiger partial charge in [0, 0.05) is 0 Å². The molecule has 1 rings (SSSR count). The summed E-state index contributed by atoms with van der Waals surface area (Å²) < 4.78 is 0. The number of hydrogen-bond acceptors (Lipinski definition) is 0. The van der Waals surface area contributed by atoms with Gasteiger partial charge in [-0.25, -0.2) is 0 Å². The van der Waals surface area contributed by atoms with E-state index in [1.54, 1.807) is 6.42 Å². The highest BCUT2D eigenvalue weighted by Gasteiger charge is 2.44. The van der Waals surface area contributed by atoms with Gasteiger partial charge in [0.2, 0.25) is 0 Å². The van der Waals surface area contributed by atoms with Crippen LogP contribution in [0.25, 0.3) is 0 Å². The fraction of sp³-hybridized carbons (Fsp3) is 1.00. The highest BCUT2D eigenvalue weighted by Crippen LogP contribution is 2.52. The summed E-state index contributed by atoms with van der Waals surface area (Å²) in [6.07, 6.45) is 13.0. The molecule has 0 aromatic rings. The second-order valence-corrected chi connectivity index (χ2v) is 8.10. The molecule has 0 bridgehead atoms. The van der Waals surface area contributed by atoms with Crippen LogP contribution in [0.1, 0.15) is 99.3 Å². The first-order valence-electron chi connectivity index (χ1n) is 10.1. The van der Waals surface area contributed by atoms with Crippen molar-refractivity contribution in [3.05, 3.63) is 0 Å². The Morgan fingerprint density at radius 2 is 1.52 bits per heavy atom. The van der Waals surface area contributed by atoms with Crippen LogP contribution in [0.2, 0.25) is 0 Å². The Morgan fingerprint density at radius 1 is 0.810 bits per heavy atom. The molecule has 0 nitrogen and oxygen atoms in total. The molecule has 1 fully saturated rings. The van der Waals surface area contributed by atoms with E-state index in [1.807, 2.05) is 0 Å². The zero-order valence-electron chi connectivity index (χ0n) is 15.8. The molecule has 0 N–H and O–H groups in total. The lowest BCUT2D eigenvalue weighted by molar-refractivity contribution is 0.298. The quantitative estimate of drug-likeness (QED) is 0.353. The molecule has 0 heterocycles. The van der Waals surface area contributed by atoms with E-state index in [0.29, 0.717) is 0 Å². The van der Waals surface area contributed by atoms with Crippen LogP contribution in [-0.2, 0) is 0 Å². The Hall–Kier alpha value is 0. The molecule has 1 saturated carbocycles. The summed E-state index contributed by atoms with van der Waals surface area (Å²) in [5.74, 6) is 6.07. The first kappa shape index (κ1) is 19.0. The predicted octanol–water partition coefficient (Wildman–Crippen LogP) is 7.33. The van der Waals surface area contributed by atoms with Crippen molar-refractivity contribution < 1.29 is 0 Å². The molecule has 0 amide bonds. The van der Waals surface area contributed by atoms with Crippen LogP contribution < -0.4 is 0 Å². The molecule has 0 spiro atoms. The van der Waals surface area contributed by atoms with Gasteiger partial charge in [-0.15, -0.1) is 0 Å². The minimum atomic E-state index is 0.924. The molecule has 1 aliphatic rings. The fourth-order valence-corrected chi connectivity index (χ4v) is 4.46. The van der Waals surface area contributed by atoms with E-state index in [-0.39, 0.29) is 0 Å². The first-order valence-corrected chi connectivity index (χ1v) is 10.1. The van der Waals surface area contributed by atoms with E-state index in [1.165, 1.54) is 51.4 Å². The summed E-state index contributed by atoms with van der Waals surface area (Å²) >= 11 is 0. The molecular formula is C21H42. The molecule has 0 aliphatic heterocycles. The molecule has 126 valence electrons. The third kappa shape index (κ3) is 6.33. The Bertz CT molecular complexity index is 257. The van der Waals surface area contributed by atoms with Gasteiger partial charge >= 0.3 is 0 Å². The summed E-state index contributed by atoms with van der Waals surface area (Å²) in [4.78, 5) is 0. The number of hydrogen-bond donors (Lipinski definition) is 0. The standard InChI is InChI=1S/C21H42/c1-7-11-19(10-4)21-15-20(21)17(6)12-13-18(9-3)14-16(5)8-2/h16-21H,7-15H2,1-6H3. The fourth-order valence-electron chi connectivity index (χ4n) is 4.46. The average Bonchev–Trinajstić information content (AvgIpc) is 3.28. The third-order valence-corrected chi connectivity index (χ3v) is 6.45. The van der Waals surface area contributed by atoms with E-state index in [9.17, 15) is 0 Å². The maximum Gasteiger partial charge on any atom is -0.0352 e. The highest BCUT2D eigenvalue weighted by molar-refractivity contribution is 4.93. The van der Waals surface area contributed by atoms with Crippen molar-refractivity contribution >= 4 is 0 Å². The average molecular weight is 295 g/mol. The van der Waals surface area contributed by atoms with Gasteiger partial charge < -0.3 is 0 Å². The Balaban J connectivity index is 2.29. The van der Waals surface area contributed by atoms with Crippen molar-refractivity contribution in [3.63, 3.8) is 0 Å². The van der Waals surface area contributed by atoms with Gasteiger partial charge in [-0.05, 0) is 48.3 Å². The number of rotatable bonds is 12. The van der Waals surface area contributed by atoms with E-state index >= 15 is 0 Å². The minimum absolute atomic E-state index is 0.924. The van der Waals surface area contributed by atoms with E-state index in [4.69, 9.17) is 0 Å². The lowest BCUT2D eigenvalue weighted by Gasteiger charge is -2.21. The molecule has 0 saturated heterocycles. The zero-order valence-corrected chi connectivity index (χ0v) is 15.8. The molecule has 6 unspecified atom stereocenters. The monoisotopic (exact) mass is 294 g/mol. The van der Waals surface area contributed by atoms with Gasteiger partial charge in [-0.1, -0.05) is 86.5 Å². The second-order valence-electron chi connectivity index (χ2n) is 8.10. The van der Waals surface area contributed by atoms with E-state index in [0.717, 1.165) is 35.5 Å². The predicted molar refractivity (Wildman–Crippen MR) is 96.5 cm³/mol. The molecule has 0 heteroatoms. The Morgan fingerprint density at radius 3 is 2.05 bits per heavy atom. The summed E-state index contributed by atoms with van der Waals surface area (Å²) in [5.41, 5.74) is 0. The molecule has 6 atom stereocenters.